The van der Waals surface area contributed by atoms with Crippen molar-refractivity contribution in [2.75, 3.05) is 18.5 Å². The molecule has 0 saturated carbocycles. The lowest BCUT2D eigenvalue weighted by Crippen LogP contribution is -2.47. The first-order valence-electron chi connectivity index (χ1n) is 4.67. The van der Waals surface area contributed by atoms with E-state index in [9.17, 15) is 4.39 Å². The molecule has 0 radical (unpaired) electrons. The molecule has 0 saturated heterocycles. The minimum absolute atomic E-state index is 0.113. The fraction of sp³-hybridized carbons (Fsp3) is 0.455. The minimum Gasteiger partial charge on any atom is -0.368 e. The second-order valence-electron chi connectivity index (χ2n) is 4.05. The Hall–Kier alpha value is -1.09. The number of hydrogen-bond acceptors (Lipinski definition) is 2. The molecule has 3 heteroatoms. The molecule has 2 nitrogen and oxygen atoms in total. The van der Waals surface area contributed by atoms with E-state index in [1.165, 1.54) is 12.1 Å². The Kier molecular flexibility index (Phi) is 3.11. The van der Waals surface area contributed by atoms with Crippen LogP contribution in [0.3, 0.4) is 0 Å². The van der Waals surface area contributed by atoms with Gasteiger partial charge in [0.2, 0.25) is 0 Å². The number of likely N-dealkylation sites (N-methyl/N-ethyl adjacent to an activating group) is 1. The van der Waals surface area contributed by atoms with Gasteiger partial charge < -0.3 is 10.6 Å². The number of halogens is 1. The van der Waals surface area contributed by atoms with Gasteiger partial charge in [0.1, 0.15) is 5.82 Å². The van der Waals surface area contributed by atoms with Crippen molar-refractivity contribution >= 4 is 5.69 Å². The summed E-state index contributed by atoms with van der Waals surface area (Å²) in [5.74, 6) is -0.215. The van der Waals surface area contributed by atoms with E-state index in [2.05, 4.69) is 13.8 Å². The molecule has 0 heterocycles. The van der Waals surface area contributed by atoms with E-state index in [0.29, 0.717) is 6.54 Å². The highest BCUT2D eigenvalue weighted by Crippen LogP contribution is 2.21. The van der Waals surface area contributed by atoms with Gasteiger partial charge in [0.05, 0.1) is 0 Å². The van der Waals surface area contributed by atoms with Crippen LogP contribution in [-0.2, 0) is 0 Å². The van der Waals surface area contributed by atoms with Crippen molar-refractivity contribution in [1.29, 1.82) is 0 Å². The maximum Gasteiger partial charge on any atom is 0.123 e. The molecule has 0 amide bonds. The molecule has 1 aromatic rings. The van der Waals surface area contributed by atoms with Crippen molar-refractivity contribution in [1.82, 2.24) is 0 Å². The third-order valence-electron chi connectivity index (χ3n) is 2.62. The lowest BCUT2D eigenvalue weighted by atomic mass is 10.0. The molecule has 0 unspecified atom stereocenters. The normalized spacial score (nSPS) is 11.5. The van der Waals surface area contributed by atoms with E-state index in [4.69, 9.17) is 5.73 Å². The molecule has 0 aliphatic heterocycles. The number of rotatable bonds is 3. The standard InChI is InChI=1S/C11H17FN2/c1-11(2,8-13)14(3)10-6-4-9(12)5-7-10/h4-7H,8,13H2,1-3H3. The highest BCUT2D eigenvalue weighted by atomic mass is 19.1. The predicted molar refractivity (Wildman–Crippen MR) is 57.9 cm³/mol. The highest BCUT2D eigenvalue weighted by Gasteiger charge is 2.21. The van der Waals surface area contributed by atoms with Gasteiger partial charge in [-0.05, 0) is 38.1 Å². The van der Waals surface area contributed by atoms with Crippen LogP contribution in [0.1, 0.15) is 13.8 Å². The number of nitrogens with two attached hydrogens (primary N) is 1. The van der Waals surface area contributed by atoms with Crippen molar-refractivity contribution in [3.05, 3.63) is 30.1 Å². The first kappa shape index (κ1) is 11.0. The van der Waals surface area contributed by atoms with E-state index < -0.39 is 0 Å². The maximum absolute atomic E-state index is 12.7. The van der Waals surface area contributed by atoms with Crippen molar-refractivity contribution in [2.45, 2.75) is 19.4 Å². The predicted octanol–water partition coefficient (Wildman–Crippen LogP) is 2.00. The Morgan fingerprint density at radius 3 is 2.21 bits per heavy atom. The molecule has 0 fully saturated rings. The van der Waals surface area contributed by atoms with Gasteiger partial charge in [0.25, 0.3) is 0 Å². The highest BCUT2D eigenvalue weighted by molar-refractivity contribution is 5.47. The number of hydrogen-bond donors (Lipinski definition) is 1. The molecule has 78 valence electrons. The molecule has 1 rings (SSSR count). The summed E-state index contributed by atoms with van der Waals surface area (Å²) in [6.45, 7) is 4.66. The van der Waals surface area contributed by atoms with Crippen LogP contribution in [0.2, 0.25) is 0 Å². The molecule has 0 aliphatic rings. The van der Waals surface area contributed by atoms with Crippen LogP contribution in [0, 0.1) is 5.82 Å². The third-order valence-corrected chi connectivity index (χ3v) is 2.62. The van der Waals surface area contributed by atoms with E-state index in [1.54, 1.807) is 12.1 Å². The molecule has 0 aliphatic carbocycles. The van der Waals surface area contributed by atoms with Crippen LogP contribution < -0.4 is 10.6 Å². The van der Waals surface area contributed by atoms with Gasteiger partial charge in [0, 0.05) is 24.8 Å². The van der Waals surface area contributed by atoms with E-state index >= 15 is 0 Å². The van der Waals surface area contributed by atoms with Crippen molar-refractivity contribution in [2.24, 2.45) is 5.73 Å². The molecule has 14 heavy (non-hydrogen) atoms. The van der Waals surface area contributed by atoms with Gasteiger partial charge in [-0.25, -0.2) is 4.39 Å². The van der Waals surface area contributed by atoms with Crippen molar-refractivity contribution in [3.8, 4) is 0 Å². The Balaban J connectivity index is 2.89. The van der Waals surface area contributed by atoms with Crippen LogP contribution in [0.15, 0.2) is 24.3 Å². The molecular weight excluding hydrogens is 179 g/mol. The number of benzene rings is 1. The van der Waals surface area contributed by atoms with Gasteiger partial charge >= 0.3 is 0 Å². The average Bonchev–Trinajstić information content (AvgIpc) is 2.18. The summed E-state index contributed by atoms with van der Waals surface area (Å²) >= 11 is 0. The molecule has 1 aromatic carbocycles. The topological polar surface area (TPSA) is 29.3 Å². The van der Waals surface area contributed by atoms with Gasteiger partial charge in [-0.3, -0.25) is 0 Å². The van der Waals surface area contributed by atoms with E-state index in [-0.39, 0.29) is 11.4 Å². The summed E-state index contributed by atoms with van der Waals surface area (Å²) in [6, 6.07) is 6.43. The lowest BCUT2D eigenvalue weighted by Gasteiger charge is -2.36. The summed E-state index contributed by atoms with van der Waals surface area (Å²) in [5, 5.41) is 0. The van der Waals surface area contributed by atoms with Crippen LogP contribution in [0.25, 0.3) is 0 Å². The summed E-state index contributed by atoms with van der Waals surface area (Å²) in [4.78, 5) is 2.05. The molecule has 0 bridgehead atoms. The monoisotopic (exact) mass is 196 g/mol. The third kappa shape index (κ3) is 2.23. The van der Waals surface area contributed by atoms with Gasteiger partial charge in [-0.1, -0.05) is 0 Å². The van der Waals surface area contributed by atoms with Crippen LogP contribution in [0.4, 0.5) is 10.1 Å². The Morgan fingerprint density at radius 1 is 1.29 bits per heavy atom. The lowest BCUT2D eigenvalue weighted by molar-refractivity contribution is 0.498. The fourth-order valence-electron chi connectivity index (χ4n) is 1.15. The van der Waals surface area contributed by atoms with Crippen LogP contribution in [0.5, 0.6) is 0 Å². The van der Waals surface area contributed by atoms with Crippen molar-refractivity contribution < 1.29 is 4.39 Å². The Bertz CT molecular complexity index is 293. The van der Waals surface area contributed by atoms with E-state index in [0.717, 1.165) is 5.69 Å². The number of nitrogens with zero attached hydrogens (tertiary/aromatic N) is 1. The second kappa shape index (κ2) is 3.96. The minimum atomic E-state index is -0.215. The number of anilines is 1. The zero-order valence-corrected chi connectivity index (χ0v) is 8.92. The first-order valence-corrected chi connectivity index (χ1v) is 4.67. The average molecular weight is 196 g/mol. The molecule has 0 atom stereocenters. The summed E-state index contributed by atoms with van der Waals surface area (Å²) < 4.78 is 12.7. The Morgan fingerprint density at radius 2 is 1.79 bits per heavy atom. The summed E-state index contributed by atoms with van der Waals surface area (Å²) in [5.41, 5.74) is 6.52. The largest absolute Gasteiger partial charge is 0.368 e. The molecular formula is C11H17FN2. The van der Waals surface area contributed by atoms with Gasteiger partial charge in [-0.15, -0.1) is 0 Å². The van der Waals surface area contributed by atoms with Gasteiger partial charge in [-0.2, -0.15) is 0 Å². The summed E-state index contributed by atoms with van der Waals surface area (Å²) in [6.07, 6.45) is 0. The molecule has 2 N–H and O–H groups in total. The quantitative estimate of drug-likeness (QED) is 0.801. The second-order valence-corrected chi connectivity index (χ2v) is 4.05. The van der Waals surface area contributed by atoms with Crippen molar-refractivity contribution in [3.63, 3.8) is 0 Å². The van der Waals surface area contributed by atoms with Gasteiger partial charge in [0.15, 0.2) is 0 Å². The van der Waals surface area contributed by atoms with E-state index in [1.807, 2.05) is 11.9 Å². The SMILES string of the molecule is CN(c1ccc(F)cc1)C(C)(C)CN. The first-order chi connectivity index (χ1) is 6.47. The molecule has 0 spiro atoms. The Labute approximate surface area is 84.5 Å². The smallest absolute Gasteiger partial charge is 0.123 e. The zero-order valence-electron chi connectivity index (χ0n) is 8.92. The summed E-state index contributed by atoms with van der Waals surface area (Å²) in [7, 11) is 1.96. The van der Waals surface area contributed by atoms with Crippen LogP contribution in [-0.4, -0.2) is 19.1 Å². The molecule has 0 aromatic heterocycles. The zero-order chi connectivity index (χ0) is 10.8. The maximum atomic E-state index is 12.7. The fourth-order valence-corrected chi connectivity index (χ4v) is 1.15. The van der Waals surface area contributed by atoms with Crippen LogP contribution >= 0.6 is 0 Å².